The third-order valence-corrected chi connectivity index (χ3v) is 4.38. The predicted octanol–water partition coefficient (Wildman–Crippen LogP) is 3.98. The summed E-state index contributed by atoms with van der Waals surface area (Å²) < 4.78 is 11.9. The molecular formula is C21H28N2O4. The molecule has 0 unspecified atom stereocenters. The van der Waals surface area contributed by atoms with Crippen LogP contribution in [0.1, 0.15) is 59.3 Å². The van der Waals surface area contributed by atoms with Crippen molar-refractivity contribution in [2.75, 3.05) is 13.2 Å². The number of benzene rings is 1. The van der Waals surface area contributed by atoms with Crippen LogP contribution in [0, 0.1) is 19.8 Å². The molecule has 0 aliphatic rings. The number of rotatable bonds is 8. The summed E-state index contributed by atoms with van der Waals surface area (Å²) in [5.74, 6) is 0.513. The minimum atomic E-state index is -0.378. The van der Waals surface area contributed by atoms with Crippen LogP contribution in [0.3, 0.4) is 0 Å². The van der Waals surface area contributed by atoms with Crippen molar-refractivity contribution in [3.8, 4) is 5.75 Å². The van der Waals surface area contributed by atoms with Crippen LogP contribution in [0.4, 0.5) is 0 Å². The molecule has 0 atom stereocenters. The summed E-state index contributed by atoms with van der Waals surface area (Å²) in [6.45, 7) is 10.2. The Morgan fingerprint density at radius 2 is 1.81 bits per heavy atom. The minimum absolute atomic E-state index is 0.121. The average molecular weight is 372 g/mol. The highest BCUT2D eigenvalue weighted by atomic mass is 16.5. The van der Waals surface area contributed by atoms with Crippen molar-refractivity contribution >= 4 is 11.9 Å². The smallest absolute Gasteiger partial charge is 0.338 e. The molecule has 0 aliphatic carbocycles. The Hall–Kier alpha value is -2.63. The maximum atomic E-state index is 12.5. The van der Waals surface area contributed by atoms with Crippen LogP contribution in [0.5, 0.6) is 5.75 Å². The van der Waals surface area contributed by atoms with Gasteiger partial charge in [-0.05, 0) is 69.4 Å². The van der Waals surface area contributed by atoms with E-state index < -0.39 is 0 Å². The summed E-state index contributed by atoms with van der Waals surface area (Å²) in [5, 5.41) is 4.38. The van der Waals surface area contributed by atoms with Gasteiger partial charge in [0.2, 0.25) is 0 Å². The van der Waals surface area contributed by atoms with Crippen LogP contribution < -0.4 is 4.74 Å². The molecule has 1 heterocycles. The molecule has 1 aromatic carbocycles. The Morgan fingerprint density at radius 3 is 2.41 bits per heavy atom. The van der Waals surface area contributed by atoms with Crippen LogP contribution in [0.2, 0.25) is 0 Å². The molecule has 146 valence electrons. The first-order valence-corrected chi connectivity index (χ1v) is 9.31. The van der Waals surface area contributed by atoms with E-state index in [1.54, 1.807) is 31.2 Å². The topological polar surface area (TPSA) is 70.4 Å². The van der Waals surface area contributed by atoms with Gasteiger partial charge in [-0.3, -0.25) is 4.79 Å². The zero-order valence-electron chi connectivity index (χ0n) is 16.7. The second-order valence-electron chi connectivity index (χ2n) is 6.92. The lowest BCUT2D eigenvalue weighted by molar-refractivity contribution is 0.0526. The molecule has 0 radical (unpaired) electrons. The zero-order valence-corrected chi connectivity index (χ0v) is 16.7. The summed E-state index contributed by atoms with van der Waals surface area (Å²) in [4.78, 5) is 24.1. The van der Waals surface area contributed by atoms with E-state index in [9.17, 15) is 9.59 Å². The number of nitrogens with zero attached hydrogens (tertiary/aromatic N) is 2. The molecule has 0 bridgehead atoms. The second-order valence-corrected chi connectivity index (χ2v) is 6.92. The summed E-state index contributed by atoms with van der Waals surface area (Å²) >= 11 is 0. The number of hydrogen-bond acceptors (Lipinski definition) is 5. The van der Waals surface area contributed by atoms with Gasteiger partial charge in [0.25, 0.3) is 5.91 Å². The molecule has 0 fully saturated rings. The van der Waals surface area contributed by atoms with Gasteiger partial charge in [0, 0.05) is 5.69 Å². The molecule has 6 heteroatoms. The quantitative estimate of drug-likeness (QED) is 0.656. The Bertz CT molecular complexity index is 791. The average Bonchev–Trinajstić information content (AvgIpc) is 2.92. The Labute approximate surface area is 160 Å². The summed E-state index contributed by atoms with van der Waals surface area (Å²) in [6.07, 6.45) is 1.98. The van der Waals surface area contributed by atoms with Crippen molar-refractivity contribution in [1.29, 1.82) is 0 Å². The summed E-state index contributed by atoms with van der Waals surface area (Å²) in [7, 11) is 0. The van der Waals surface area contributed by atoms with Crippen molar-refractivity contribution in [2.45, 2.75) is 47.5 Å². The molecule has 6 nitrogen and oxygen atoms in total. The van der Waals surface area contributed by atoms with E-state index in [2.05, 4.69) is 18.9 Å². The first-order valence-electron chi connectivity index (χ1n) is 9.31. The van der Waals surface area contributed by atoms with Gasteiger partial charge < -0.3 is 9.47 Å². The van der Waals surface area contributed by atoms with Crippen molar-refractivity contribution in [1.82, 2.24) is 9.78 Å². The van der Waals surface area contributed by atoms with E-state index in [-0.39, 0.29) is 18.5 Å². The van der Waals surface area contributed by atoms with Crippen molar-refractivity contribution < 1.29 is 19.1 Å². The number of aromatic nitrogens is 2. The van der Waals surface area contributed by atoms with Crippen molar-refractivity contribution in [3.63, 3.8) is 0 Å². The Balaban J connectivity index is 1.99. The molecule has 0 aliphatic heterocycles. The molecule has 0 amide bonds. The molecule has 2 rings (SSSR count). The third-order valence-electron chi connectivity index (χ3n) is 4.38. The molecular weight excluding hydrogens is 344 g/mol. The lowest BCUT2D eigenvalue weighted by Gasteiger charge is -2.08. The molecule has 0 saturated heterocycles. The normalized spacial score (nSPS) is 10.9. The van der Waals surface area contributed by atoms with Crippen LogP contribution in [-0.2, 0) is 11.2 Å². The highest BCUT2D eigenvalue weighted by Crippen LogP contribution is 2.18. The van der Waals surface area contributed by atoms with Gasteiger partial charge in [-0.15, -0.1) is 0 Å². The maximum Gasteiger partial charge on any atom is 0.338 e. The van der Waals surface area contributed by atoms with Crippen LogP contribution in [0.15, 0.2) is 24.3 Å². The van der Waals surface area contributed by atoms with Gasteiger partial charge in [0.15, 0.2) is 6.61 Å². The van der Waals surface area contributed by atoms with E-state index in [1.165, 1.54) is 4.68 Å². The number of aryl methyl sites for hydroxylation is 1. The monoisotopic (exact) mass is 372 g/mol. The number of ether oxygens (including phenoxy) is 2. The third kappa shape index (κ3) is 5.42. The van der Waals surface area contributed by atoms with Gasteiger partial charge in [0.05, 0.1) is 17.9 Å². The predicted molar refractivity (Wildman–Crippen MR) is 103 cm³/mol. The molecule has 0 saturated carbocycles. The fourth-order valence-corrected chi connectivity index (χ4v) is 2.82. The first kappa shape index (κ1) is 20.7. The largest absolute Gasteiger partial charge is 0.484 e. The number of carbonyl (C=O) groups excluding carboxylic acids is 2. The van der Waals surface area contributed by atoms with Crippen molar-refractivity contribution in [3.05, 3.63) is 46.8 Å². The molecule has 27 heavy (non-hydrogen) atoms. The standard InChI is InChI=1S/C21H28N2O4/c1-6-26-21(25)17-8-10-18(11-9-17)27-13-20(24)23-16(5)19(15(4)22-23)12-7-14(2)3/h8-11,14H,6-7,12-13H2,1-5H3. The van der Waals surface area contributed by atoms with Gasteiger partial charge in [-0.1, -0.05) is 13.8 Å². The lowest BCUT2D eigenvalue weighted by Crippen LogP contribution is -2.21. The van der Waals surface area contributed by atoms with Gasteiger partial charge >= 0.3 is 5.97 Å². The van der Waals surface area contributed by atoms with Crippen LogP contribution in [-0.4, -0.2) is 34.9 Å². The second kappa shape index (κ2) is 9.35. The van der Waals surface area contributed by atoms with E-state index in [1.807, 2.05) is 13.8 Å². The Kier molecular flexibility index (Phi) is 7.16. The van der Waals surface area contributed by atoms with Crippen LogP contribution in [0.25, 0.3) is 0 Å². The zero-order chi connectivity index (χ0) is 20.0. The number of hydrogen-bond donors (Lipinski definition) is 0. The summed E-state index contributed by atoms with van der Waals surface area (Å²) in [6, 6.07) is 6.53. The first-order chi connectivity index (χ1) is 12.8. The summed E-state index contributed by atoms with van der Waals surface area (Å²) in [5.41, 5.74) is 3.35. The lowest BCUT2D eigenvalue weighted by atomic mass is 10.0. The molecule has 0 N–H and O–H groups in total. The molecule has 2 aromatic rings. The van der Waals surface area contributed by atoms with E-state index in [0.717, 1.165) is 29.8 Å². The van der Waals surface area contributed by atoms with E-state index in [4.69, 9.17) is 9.47 Å². The highest BCUT2D eigenvalue weighted by Gasteiger charge is 2.17. The van der Waals surface area contributed by atoms with Gasteiger partial charge in [-0.25, -0.2) is 9.48 Å². The minimum Gasteiger partial charge on any atom is -0.484 e. The fourth-order valence-electron chi connectivity index (χ4n) is 2.82. The van der Waals surface area contributed by atoms with E-state index in [0.29, 0.717) is 23.8 Å². The molecule has 0 spiro atoms. The van der Waals surface area contributed by atoms with Gasteiger partial charge in [0.1, 0.15) is 5.75 Å². The van der Waals surface area contributed by atoms with Crippen LogP contribution >= 0.6 is 0 Å². The van der Waals surface area contributed by atoms with Crippen molar-refractivity contribution in [2.24, 2.45) is 5.92 Å². The Morgan fingerprint density at radius 1 is 1.15 bits per heavy atom. The SMILES string of the molecule is CCOC(=O)c1ccc(OCC(=O)n2nc(C)c(CCC(C)C)c2C)cc1. The molecule has 1 aromatic heterocycles. The number of esters is 1. The highest BCUT2D eigenvalue weighted by molar-refractivity contribution is 5.89. The van der Waals surface area contributed by atoms with E-state index >= 15 is 0 Å². The maximum absolute atomic E-state index is 12.5. The number of carbonyl (C=O) groups is 2. The fraction of sp³-hybridized carbons (Fsp3) is 0.476. The van der Waals surface area contributed by atoms with Gasteiger partial charge in [-0.2, -0.15) is 5.10 Å².